The highest BCUT2D eigenvalue weighted by Crippen LogP contribution is 2.27. The Bertz CT molecular complexity index is 895. The van der Waals surface area contributed by atoms with E-state index < -0.39 is 0 Å². The Morgan fingerprint density at radius 2 is 2.10 bits per heavy atom. The molecule has 0 unspecified atom stereocenters. The first-order valence-corrected chi connectivity index (χ1v) is 11.5. The lowest BCUT2D eigenvalue weighted by molar-refractivity contribution is -0.130. The summed E-state index contributed by atoms with van der Waals surface area (Å²) in [7, 11) is 1.86. The van der Waals surface area contributed by atoms with Crippen LogP contribution in [-0.4, -0.2) is 58.4 Å². The average molecular weight is 425 g/mol. The van der Waals surface area contributed by atoms with Crippen LogP contribution in [0.1, 0.15) is 66.0 Å². The molecule has 7 nitrogen and oxygen atoms in total. The largest absolute Gasteiger partial charge is 0.350 e. The third-order valence-electron chi connectivity index (χ3n) is 6.58. The van der Waals surface area contributed by atoms with Gasteiger partial charge in [0.1, 0.15) is 0 Å². The van der Waals surface area contributed by atoms with Crippen molar-refractivity contribution >= 4 is 11.8 Å². The molecule has 1 aliphatic heterocycles. The van der Waals surface area contributed by atoms with Gasteiger partial charge in [-0.3, -0.25) is 14.6 Å². The second-order valence-electron chi connectivity index (χ2n) is 8.83. The van der Waals surface area contributed by atoms with E-state index in [0.29, 0.717) is 31.2 Å². The maximum atomic E-state index is 13.1. The van der Waals surface area contributed by atoms with Crippen molar-refractivity contribution in [3.8, 4) is 0 Å². The lowest BCUT2D eigenvalue weighted by atomic mass is 9.92. The van der Waals surface area contributed by atoms with Crippen molar-refractivity contribution in [2.24, 2.45) is 5.92 Å². The number of aryl methyl sites for hydroxylation is 1. The van der Waals surface area contributed by atoms with Crippen molar-refractivity contribution in [3.63, 3.8) is 0 Å². The highest BCUT2D eigenvalue weighted by atomic mass is 16.5. The molecule has 7 heteroatoms. The zero-order valence-corrected chi connectivity index (χ0v) is 18.4. The zero-order chi connectivity index (χ0) is 21.6. The number of fused-ring (bicyclic) bond motifs is 1. The van der Waals surface area contributed by atoms with E-state index in [-0.39, 0.29) is 11.8 Å². The fraction of sp³-hybridized carbons (Fsp3) is 0.583. The van der Waals surface area contributed by atoms with Gasteiger partial charge in [-0.1, -0.05) is 11.2 Å². The molecule has 1 fully saturated rings. The van der Waals surface area contributed by atoms with Gasteiger partial charge in [0, 0.05) is 57.0 Å². The van der Waals surface area contributed by atoms with Gasteiger partial charge >= 0.3 is 0 Å². The molecule has 0 spiro atoms. The Morgan fingerprint density at radius 3 is 2.94 bits per heavy atom. The lowest BCUT2D eigenvalue weighted by Crippen LogP contribution is -2.40. The van der Waals surface area contributed by atoms with Gasteiger partial charge in [-0.2, -0.15) is 0 Å². The number of nitrogens with zero attached hydrogens (tertiary/aromatic N) is 4. The molecule has 0 radical (unpaired) electrons. The Kier molecular flexibility index (Phi) is 6.99. The molecule has 0 bridgehead atoms. The third-order valence-corrected chi connectivity index (χ3v) is 6.58. The molecule has 1 saturated heterocycles. The molecular weight excluding hydrogens is 392 g/mol. The van der Waals surface area contributed by atoms with Crippen molar-refractivity contribution in [3.05, 3.63) is 47.1 Å². The van der Waals surface area contributed by atoms with Crippen LogP contribution in [0.2, 0.25) is 0 Å². The Labute approximate surface area is 183 Å². The van der Waals surface area contributed by atoms with E-state index in [9.17, 15) is 9.59 Å². The number of amides is 2. The molecule has 1 atom stereocenters. The highest BCUT2D eigenvalue weighted by Gasteiger charge is 2.31. The Hall–Kier alpha value is -2.70. The standard InChI is InChI=1S/C24H32N4O3/c1-27(16-13-19-8-4-5-14-25-19)22(29)12-11-18-7-6-15-28(17-18)24(30)23-20-9-2-3-10-21(20)26-31-23/h4-5,8,14,18H,2-3,6-7,9-13,15-17H2,1H3/t18-/m0/s1. The first kappa shape index (κ1) is 21.5. The molecule has 3 heterocycles. The van der Waals surface area contributed by atoms with Gasteiger partial charge in [-0.05, 0) is 63.0 Å². The maximum Gasteiger partial charge on any atom is 0.292 e. The van der Waals surface area contributed by atoms with Crippen LogP contribution in [0.5, 0.6) is 0 Å². The van der Waals surface area contributed by atoms with Crippen molar-refractivity contribution in [2.75, 3.05) is 26.7 Å². The number of carbonyl (C=O) groups excluding carboxylic acids is 2. The molecule has 31 heavy (non-hydrogen) atoms. The molecule has 2 aromatic rings. The van der Waals surface area contributed by atoms with E-state index >= 15 is 0 Å². The normalized spacial score (nSPS) is 18.5. The molecule has 0 saturated carbocycles. The van der Waals surface area contributed by atoms with Gasteiger partial charge in [-0.15, -0.1) is 0 Å². The quantitative estimate of drug-likeness (QED) is 0.681. The predicted octanol–water partition coefficient (Wildman–Crippen LogP) is 3.28. The fourth-order valence-corrected chi connectivity index (χ4v) is 4.66. The summed E-state index contributed by atoms with van der Waals surface area (Å²) in [5.74, 6) is 0.924. The minimum atomic E-state index is -0.0286. The molecule has 2 aliphatic rings. The molecular formula is C24H32N4O3. The summed E-state index contributed by atoms with van der Waals surface area (Å²) in [5, 5.41) is 4.13. The van der Waals surface area contributed by atoms with E-state index in [4.69, 9.17) is 4.52 Å². The molecule has 2 amide bonds. The summed E-state index contributed by atoms with van der Waals surface area (Å²) in [4.78, 5) is 33.6. The summed E-state index contributed by atoms with van der Waals surface area (Å²) in [6, 6.07) is 5.85. The number of piperidine rings is 1. The molecule has 2 aromatic heterocycles. The SMILES string of the molecule is CN(CCc1ccccn1)C(=O)CC[C@@H]1CCCN(C(=O)c2onc3c2CCCC3)C1. The van der Waals surface area contributed by atoms with Crippen LogP contribution in [0.15, 0.2) is 28.9 Å². The summed E-state index contributed by atoms with van der Waals surface area (Å²) in [5.41, 5.74) is 2.98. The Morgan fingerprint density at radius 1 is 1.23 bits per heavy atom. The molecule has 166 valence electrons. The number of likely N-dealkylation sites (tertiary alicyclic amines) is 1. The van der Waals surface area contributed by atoms with Crippen LogP contribution in [-0.2, 0) is 24.1 Å². The van der Waals surface area contributed by atoms with Gasteiger partial charge in [0.25, 0.3) is 5.91 Å². The molecule has 4 rings (SSSR count). The van der Waals surface area contributed by atoms with Gasteiger partial charge in [0.2, 0.25) is 11.7 Å². The van der Waals surface area contributed by atoms with Crippen molar-refractivity contribution in [1.29, 1.82) is 0 Å². The number of hydrogen-bond donors (Lipinski definition) is 0. The van der Waals surface area contributed by atoms with Gasteiger partial charge < -0.3 is 14.3 Å². The highest BCUT2D eigenvalue weighted by molar-refractivity contribution is 5.93. The smallest absolute Gasteiger partial charge is 0.292 e. The monoisotopic (exact) mass is 424 g/mol. The Balaban J connectivity index is 1.25. The minimum Gasteiger partial charge on any atom is -0.350 e. The topological polar surface area (TPSA) is 79.5 Å². The minimum absolute atomic E-state index is 0.0286. The molecule has 0 N–H and O–H groups in total. The van der Waals surface area contributed by atoms with Crippen molar-refractivity contribution in [1.82, 2.24) is 19.9 Å². The maximum absolute atomic E-state index is 13.1. The fourth-order valence-electron chi connectivity index (χ4n) is 4.66. The average Bonchev–Trinajstić information content (AvgIpc) is 3.25. The number of carbonyl (C=O) groups is 2. The lowest BCUT2D eigenvalue weighted by Gasteiger charge is -2.32. The summed E-state index contributed by atoms with van der Waals surface area (Å²) < 4.78 is 5.45. The van der Waals surface area contributed by atoms with Gasteiger partial charge in [0.05, 0.1) is 5.69 Å². The first-order chi connectivity index (χ1) is 15.1. The van der Waals surface area contributed by atoms with E-state index in [1.807, 2.05) is 30.1 Å². The second-order valence-corrected chi connectivity index (χ2v) is 8.83. The first-order valence-electron chi connectivity index (χ1n) is 11.5. The van der Waals surface area contributed by atoms with Crippen molar-refractivity contribution < 1.29 is 14.1 Å². The van der Waals surface area contributed by atoms with E-state index in [1.165, 1.54) is 0 Å². The summed E-state index contributed by atoms with van der Waals surface area (Å²) >= 11 is 0. The number of pyridine rings is 1. The van der Waals surface area contributed by atoms with E-state index in [0.717, 1.165) is 74.9 Å². The van der Waals surface area contributed by atoms with E-state index in [2.05, 4.69) is 10.1 Å². The van der Waals surface area contributed by atoms with E-state index in [1.54, 1.807) is 11.1 Å². The summed E-state index contributed by atoms with van der Waals surface area (Å²) in [6.07, 6.45) is 9.89. The summed E-state index contributed by atoms with van der Waals surface area (Å²) in [6.45, 7) is 2.11. The van der Waals surface area contributed by atoms with Gasteiger partial charge in [0.15, 0.2) is 0 Å². The number of hydrogen-bond acceptors (Lipinski definition) is 5. The predicted molar refractivity (Wildman–Crippen MR) is 117 cm³/mol. The zero-order valence-electron chi connectivity index (χ0n) is 18.4. The van der Waals surface area contributed by atoms with Crippen LogP contribution >= 0.6 is 0 Å². The number of rotatable bonds is 7. The van der Waals surface area contributed by atoms with Gasteiger partial charge in [-0.25, -0.2) is 0 Å². The molecule has 0 aromatic carbocycles. The van der Waals surface area contributed by atoms with Crippen molar-refractivity contribution in [2.45, 2.75) is 57.8 Å². The number of aromatic nitrogens is 2. The molecule has 1 aliphatic carbocycles. The van der Waals surface area contributed by atoms with Crippen LogP contribution in [0, 0.1) is 5.92 Å². The van der Waals surface area contributed by atoms with Crippen LogP contribution in [0.25, 0.3) is 0 Å². The van der Waals surface area contributed by atoms with Crippen LogP contribution in [0.3, 0.4) is 0 Å². The second kappa shape index (κ2) is 10.1. The number of likely N-dealkylation sites (N-methyl/N-ethyl adjacent to an activating group) is 1. The third kappa shape index (κ3) is 5.32. The van der Waals surface area contributed by atoms with Crippen LogP contribution < -0.4 is 0 Å². The van der Waals surface area contributed by atoms with Crippen LogP contribution in [0.4, 0.5) is 0 Å².